The van der Waals surface area contributed by atoms with E-state index in [2.05, 4.69) is 5.32 Å². The zero-order chi connectivity index (χ0) is 15.5. The van der Waals surface area contributed by atoms with Crippen molar-refractivity contribution in [1.29, 1.82) is 0 Å². The van der Waals surface area contributed by atoms with Gasteiger partial charge in [0.25, 0.3) is 0 Å². The summed E-state index contributed by atoms with van der Waals surface area (Å²) >= 11 is 0. The molecule has 0 bridgehead atoms. The lowest BCUT2D eigenvalue weighted by Gasteiger charge is -2.29. The molecule has 1 aromatic rings. The van der Waals surface area contributed by atoms with E-state index in [4.69, 9.17) is 9.47 Å². The fourth-order valence-electron chi connectivity index (χ4n) is 2.83. The van der Waals surface area contributed by atoms with E-state index in [0.717, 1.165) is 24.9 Å². The van der Waals surface area contributed by atoms with Crippen molar-refractivity contribution in [1.82, 2.24) is 0 Å². The second kappa shape index (κ2) is 6.56. The van der Waals surface area contributed by atoms with Crippen LogP contribution in [0.3, 0.4) is 0 Å². The van der Waals surface area contributed by atoms with Crippen LogP contribution in [0.25, 0.3) is 0 Å². The van der Waals surface area contributed by atoms with E-state index in [-0.39, 0.29) is 11.3 Å². The molecule has 0 aromatic heterocycles. The highest BCUT2D eigenvalue weighted by molar-refractivity contribution is 7.91. The average Bonchev–Trinajstić information content (AvgIpc) is 2.46. The molecule has 0 heterocycles. The number of rotatable bonds is 5. The predicted octanol–water partition coefficient (Wildman–Crippen LogP) is 2.47. The highest BCUT2D eigenvalue weighted by Crippen LogP contribution is 2.32. The second-order valence-corrected chi connectivity index (χ2v) is 7.85. The van der Waals surface area contributed by atoms with Crippen LogP contribution in [0.4, 0.5) is 5.69 Å². The monoisotopic (exact) mass is 313 g/mol. The van der Waals surface area contributed by atoms with E-state index in [1.165, 1.54) is 6.26 Å². The van der Waals surface area contributed by atoms with Gasteiger partial charge in [-0.25, -0.2) is 8.42 Å². The Morgan fingerprint density at radius 3 is 2.48 bits per heavy atom. The largest absolute Gasteiger partial charge is 0.493 e. The second-order valence-electron chi connectivity index (χ2n) is 5.53. The molecule has 2 unspecified atom stereocenters. The maximum Gasteiger partial charge on any atom is 0.162 e. The molecule has 2 atom stereocenters. The molecular formula is C15H23NO4S. The van der Waals surface area contributed by atoms with Gasteiger partial charge in [-0.05, 0) is 31.4 Å². The summed E-state index contributed by atoms with van der Waals surface area (Å²) in [6, 6.07) is 5.82. The minimum absolute atomic E-state index is 0.177. The number of methoxy groups -OCH3 is 2. The van der Waals surface area contributed by atoms with Crippen molar-refractivity contribution in [2.24, 2.45) is 0 Å². The topological polar surface area (TPSA) is 64.6 Å². The summed E-state index contributed by atoms with van der Waals surface area (Å²) < 4.78 is 33.9. The minimum Gasteiger partial charge on any atom is -0.493 e. The summed E-state index contributed by atoms with van der Waals surface area (Å²) in [5.41, 5.74) is 0.923. The molecule has 0 amide bonds. The number of anilines is 1. The SMILES string of the molecule is COc1ccc(NC2CCCC(S(C)(=O)=O)C2)cc1OC. The van der Waals surface area contributed by atoms with E-state index in [1.54, 1.807) is 14.2 Å². The quantitative estimate of drug-likeness (QED) is 0.904. The van der Waals surface area contributed by atoms with E-state index >= 15 is 0 Å². The lowest BCUT2D eigenvalue weighted by Crippen LogP contribution is -2.34. The van der Waals surface area contributed by atoms with Gasteiger partial charge in [0.05, 0.1) is 19.5 Å². The highest BCUT2D eigenvalue weighted by Gasteiger charge is 2.28. The predicted molar refractivity (Wildman–Crippen MR) is 84.1 cm³/mol. The summed E-state index contributed by atoms with van der Waals surface area (Å²) in [6.07, 6.45) is 4.68. The zero-order valence-corrected chi connectivity index (χ0v) is 13.6. The van der Waals surface area contributed by atoms with Gasteiger partial charge in [0, 0.05) is 24.1 Å². The van der Waals surface area contributed by atoms with Crippen molar-refractivity contribution in [3.8, 4) is 11.5 Å². The van der Waals surface area contributed by atoms with Crippen LogP contribution >= 0.6 is 0 Å². The molecule has 1 N–H and O–H groups in total. The zero-order valence-electron chi connectivity index (χ0n) is 12.8. The van der Waals surface area contributed by atoms with Crippen LogP contribution in [0.1, 0.15) is 25.7 Å². The van der Waals surface area contributed by atoms with Gasteiger partial charge in [-0.1, -0.05) is 6.42 Å². The number of sulfone groups is 1. The lowest BCUT2D eigenvalue weighted by atomic mass is 9.94. The van der Waals surface area contributed by atoms with Crippen LogP contribution in [-0.2, 0) is 9.84 Å². The lowest BCUT2D eigenvalue weighted by molar-refractivity contribution is 0.355. The van der Waals surface area contributed by atoms with Gasteiger partial charge in [0.2, 0.25) is 0 Å². The Kier molecular flexibility index (Phi) is 4.98. The number of benzene rings is 1. The molecule has 118 valence electrons. The fourth-order valence-corrected chi connectivity index (χ4v) is 4.00. The Morgan fingerprint density at radius 1 is 1.14 bits per heavy atom. The standard InChI is InChI=1S/C15H23NO4S/c1-19-14-8-7-12(10-15(14)20-2)16-11-5-4-6-13(9-11)21(3,17)18/h7-8,10-11,13,16H,4-6,9H2,1-3H3. The molecule has 21 heavy (non-hydrogen) atoms. The smallest absolute Gasteiger partial charge is 0.162 e. The van der Waals surface area contributed by atoms with Gasteiger partial charge in [-0.3, -0.25) is 0 Å². The Hall–Kier alpha value is -1.43. The van der Waals surface area contributed by atoms with Crippen molar-refractivity contribution >= 4 is 15.5 Å². The normalized spacial score (nSPS) is 22.6. The first kappa shape index (κ1) is 15.9. The highest BCUT2D eigenvalue weighted by atomic mass is 32.2. The van der Waals surface area contributed by atoms with Crippen molar-refractivity contribution in [2.75, 3.05) is 25.8 Å². The van der Waals surface area contributed by atoms with E-state index < -0.39 is 9.84 Å². The minimum atomic E-state index is -2.96. The van der Waals surface area contributed by atoms with Crippen LogP contribution in [0.2, 0.25) is 0 Å². The molecule has 1 fully saturated rings. The summed E-state index contributed by atoms with van der Waals surface area (Å²) in [5.74, 6) is 1.35. The maximum absolute atomic E-state index is 11.7. The molecule has 1 saturated carbocycles. The Bertz CT molecular complexity index is 585. The number of ether oxygens (including phenoxy) is 2. The van der Waals surface area contributed by atoms with E-state index in [9.17, 15) is 8.42 Å². The number of nitrogens with one attached hydrogen (secondary N) is 1. The van der Waals surface area contributed by atoms with E-state index in [0.29, 0.717) is 17.9 Å². The van der Waals surface area contributed by atoms with Crippen molar-refractivity contribution in [3.05, 3.63) is 18.2 Å². The number of hydrogen-bond acceptors (Lipinski definition) is 5. The molecule has 5 nitrogen and oxygen atoms in total. The molecule has 1 aliphatic carbocycles. The molecule has 0 spiro atoms. The van der Waals surface area contributed by atoms with Crippen LogP contribution in [0, 0.1) is 0 Å². The van der Waals surface area contributed by atoms with Gasteiger partial charge in [0.15, 0.2) is 11.5 Å². The van der Waals surface area contributed by atoms with Gasteiger partial charge in [0.1, 0.15) is 9.84 Å². The molecule has 6 heteroatoms. The van der Waals surface area contributed by atoms with E-state index in [1.807, 2.05) is 18.2 Å². The van der Waals surface area contributed by atoms with Gasteiger partial charge < -0.3 is 14.8 Å². The third-order valence-electron chi connectivity index (χ3n) is 3.99. The third-order valence-corrected chi connectivity index (χ3v) is 5.63. The first-order valence-corrected chi connectivity index (χ1v) is 9.07. The molecular weight excluding hydrogens is 290 g/mol. The summed E-state index contributed by atoms with van der Waals surface area (Å²) in [6.45, 7) is 0. The first-order valence-electron chi connectivity index (χ1n) is 7.11. The molecule has 0 saturated heterocycles. The molecule has 1 aliphatic rings. The van der Waals surface area contributed by atoms with Crippen molar-refractivity contribution in [2.45, 2.75) is 37.0 Å². The van der Waals surface area contributed by atoms with Gasteiger partial charge in [-0.15, -0.1) is 0 Å². The van der Waals surface area contributed by atoms with Crippen molar-refractivity contribution < 1.29 is 17.9 Å². The summed E-state index contributed by atoms with van der Waals surface area (Å²) in [7, 11) is 0.240. The molecule has 0 aliphatic heterocycles. The summed E-state index contributed by atoms with van der Waals surface area (Å²) in [4.78, 5) is 0. The van der Waals surface area contributed by atoms with Crippen LogP contribution in [-0.4, -0.2) is 40.2 Å². The Balaban J connectivity index is 2.07. The fraction of sp³-hybridized carbons (Fsp3) is 0.600. The van der Waals surface area contributed by atoms with Crippen molar-refractivity contribution in [3.63, 3.8) is 0 Å². The maximum atomic E-state index is 11.7. The Labute approximate surface area is 126 Å². The van der Waals surface area contributed by atoms with Gasteiger partial charge >= 0.3 is 0 Å². The van der Waals surface area contributed by atoms with Crippen LogP contribution < -0.4 is 14.8 Å². The van der Waals surface area contributed by atoms with Gasteiger partial charge in [-0.2, -0.15) is 0 Å². The van der Waals surface area contributed by atoms with Crippen LogP contribution in [0.15, 0.2) is 18.2 Å². The molecule has 1 aromatic carbocycles. The molecule has 0 radical (unpaired) electrons. The average molecular weight is 313 g/mol. The first-order chi connectivity index (χ1) is 9.94. The third kappa shape index (κ3) is 4.03. The van der Waals surface area contributed by atoms with Crippen LogP contribution in [0.5, 0.6) is 11.5 Å². The Morgan fingerprint density at radius 2 is 1.86 bits per heavy atom. The number of hydrogen-bond donors (Lipinski definition) is 1. The molecule has 2 rings (SSSR count). The summed E-state index contributed by atoms with van der Waals surface area (Å²) in [5, 5.41) is 3.18.